The monoisotopic (exact) mass is 534 g/mol. The van der Waals surface area contributed by atoms with Gasteiger partial charge in [0.15, 0.2) is 11.5 Å². The van der Waals surface area contributed by atoms with Crippen LogP contribution in [0.25, 0.3) is 22.0 Å². The zero-order valence-corrected chi connectivity index (χ0v) is 22.1. The molecule has 2 N–H and O–H groups in total. The van der Waals surface area contributed by atoms with Crippen molar-refractivity contribution < 1.29 is 9.90 Å². The molecule has 2 aliphatic rings. The highest BCUT2D eigenvalue weighted by Crippen LogP contribution is 2.41. The molecule has 0 saturated heterocycles. The van der Waals surface area contributed by atoms with E-state index < -0.39 is 0 Å². The summed E-state index contributed by atoms with van der Waals surface area (Å²) in [5.74, 6) is 0.811. The number of carbonyl (C=O) groups excluding carboxylic acids is 1. The topological polar surface area (TPSA) is 80.0 Å². The largest absolute Gasteiger partial charge is 0.505 e. The van der Waals surface area contributed by atoms with Crippen molar-refractivity contribution in [3.8, 4) is 16.9 Å². The van der Waals surface area contributed by atoms with E-state index in [-0.39, 0.29) is 27.5 Å². The maximum absolute atomic E-state index is 13.3. The molecule has 190 valence electrons. The van der Waals surface area contributed by atoms with E-state index in [2.05, 4.69) is 27.0 Å². The molecule has 2 aromatic heterocycles. The molecule has 2 aromatic carbocycles. The van der Waals surface area contributed by atoms with Gasteiger partial charge in [-0.25, -0.2) is 0 Å². The van der Waals surface area contributed by atoms with E-state index in [0.29, 0.717) is 11.6 Å². The number of fused-ring (bicyclic) bond motifs is 1. The van der Waals surface area contributed by atoms with Crippen molar-refractivity contribution in [3.05, 3.63) is 64.5 Å². The predicted octanol–water partition coefficient (Wildman–Crippen LogP) is 8.20. The number of ketones is 1. The predicted molar refractivity (Wildman–Crippen MR) is 148 cm³/mol. The van der Waals surface area contributed by atoms with E-state index >= 15 is 0 Å². The number of Topliss-reactive ketones (excluding diaryl/α,β-unsaturated/α-hetero) is 1. The third-order valence-corrected chi connectivity index (χ3v) is 8.24. The van der Waals surface area contributed by atoms with Gasteiger partial charge in [0.2, 0.25) is 0 Å². The molecule has 0 amide bonds. The summed E-state index contributed by atoms with van der Waals surface area (Å²) in [7, 11) is 0. The van der Waals surface area contributed by atoms with Crippen LogP contribution < -0.4 is 5.32 Å². The van der Waals surface area contributed by atoms with Crippen LogP contribution in [0, 0.1) is 11.8 Å². The van der Waals surface area contributed by atoms with E-state index in [0.717, 1.165) is 65.0 Å². The SMILES string of the molecule is C[C@H]1CC[C@H](n2cc(Nc3c(C(=O)C4CC4)cnc4ccc(-c5cc(Cl)c(O)c(Cl)c5)cc34)cn2)CC1. The quantitative estimate of drug-likeness (QED) is 0.243. The minimum atomic E-state index is -0.140. The van der Waals surface area contributed by atoms with Crippen molar-refractivity contribution in [1.29, 1.82) is 0 Å². The molecule has 0 unspecified atom stereocenters. The number of anilines is 2. The summed E-state index contributed by atoms with van der Waals surface area (Å²) < 4.78 is 2.06. The van der Waals surface area contributed by atoms with Gasteiger partial charge in [0.05, 0.1) is 44.7 Å². The number of aromatic hydroxyl groups is 1. The maximum atomic E-state index is 13.3. The second kappa shape index (κ2) is 9.66. The number of phenolic OH excluding ortho intramolecular Hbond substituents is 1. The Morgan fingerprint density at radius 3 is 2.43 bits per heavy atom. The minimum Gasteiger partial charge on any atom is -0.505 e. The highest BCUT2D eigenvalue weighted by atomic mass is 35.5. The first-order valence-electron chi connectivity index (χ1n) is 12.8. The van der Waals surface area contributed by atoms with E-state index in [4.69, 9.17) is 23.2 Å². The molecule has 2 aliphatic carbocycles. The van der Waals surface area contributed by atoms with E-state index in [1.54, 1.807) is 18.3 Å². The lowest BCUT2D eigenvalue weighted by Gasteiger charge is -2.26. The average molecular weight is 535 g/mol. The fourth-order valence-electron chi connectivity index (χ4n) is 5.24. The van der Waals surface area contributed by atoms with Gasteiger partial charge in [0.25, 0.3) is 0 Å². The first-order valence-corrected chi connectivity index (χ1v) is 13.6. The summed E-state index contributed by atoms with van der Waals surface area (Å²) in [6.07, 6.45) is 12.1. The van der Waals surface area contributed by atoms with Gasteiger partial charge in [0, 0.05) is 23.7 Å². The van der Waals surface area contributed by atoms with Gasteiger partial charge in [-0.3, -0.25) is 14.5 Å². The summed E-state index contributed by atoms with van der Waals surface area (Å²) in [5.41, 5.74) is 4.55. The average Bonchev–Trinajstić information content (AvgIpc) is 3.65. The fourth-order valence-corrected chi connectivity index (χ4v) is 5.73. The van der Waals surface area contributed by atoms with Gasteiger partial charge < -0.3 is 10.4 Å². The number of rotatable bonds is 6. The maximum Gasteiger partial charge on any atom is 0.169 e. The molecule has 0 spiro atoms. The van der Waals surface area contributed by atoms with Crippen LogP contribution in [0.2, 0.25) is 10.0 Å². The number of nitrogens with one attached hydrogen (secondary N) is 1. The smallest absolute Gasteiger partial charge is 0.169 e. The van der Waals surface area contributed by atoms with Gasteiger partial charge in [-0.1, -0.05) is 36.2 Å². The normalized spacial score (nSPS) is 19.8. The van der Waals surface area contributed by atoms with E-state index in [1.807, 2.05) is 30.6 Å². The van der Waals surface area contributed by atoms with Crippen molar-refractivity contribution in [2.75, 3.05) is 5.32 Å². The van der Waals surface area contributed by atoms with Gasteiger partial charge in [-0.2, -0.15) is 5.10 Å². The lowest BCUT2D eigenvalue weighted by Crippen LogP contribution is -2.17. The zero-order valence-electron chi connectivity index (χ0n) is 20.5. The Hall–Kier alpha value is -3.09. The van der Waals surface area contributed by atoms with Crippen LogP contribution in [-0.2, 0) is 0 Å². The first kappa shape index (κ1) is 24.3. The number of benzene rings is 2. The van der Waals surface area contributed by atoms with E-state index in [1.165, 1.54) is 12.8 Å². The molecule has 6 rings (SSSR count). The zero-order chi connectivity index (χ0) is 25.7. The van der Waals surface area contributed by atoms with Crippen molar-refractivity contribution in [3.63, 3.8) is 0 Å². The Labute approximate surface area is 225 Å². The lowest BCUT2D eigenvalue weighted by atomic mass is 9.87. The molecule has 6 nitrogen and oxygen atoms in total. The van der Waals surface area contributed by atoms with Gasteiger partial charge >= 0.3 is 0 Å². The Morgan fingerprint density at radius 1 is 1.00 bits per heavy atom. The summed E-state index contributed by atoms with van der Waals surface area (Å²) in [5, 5.41) is 19.4. The molecule has 0 radical (unpaired) electrons. The number of aromatic nitrogens is 3. The number of hydrogen-bond donors (Lipinski definition) is 2. The van der Waals surface area contributed by atoms with Crippen LogP contribution in [0.3, 0.4) is 0 Å². The molecule has 0 aliphatic heterocycles. The molecule has 0 atom stereocenters. The Balaban J connectivity index is 1.42. The lowest BCUT2D eigenvalue weighted by molar-refractivity contribution is 0.0968. The Bertz CT molecular complexity index is 1480. The fraction of sp³-hybridized carbons (Fsp3) is 0.345. The molecule has 4 aromatic rings. The Kier molecular flexibility index (Phi) is 6.33. The van der Waals surface area contributed by atoms with E-state index in [9.17, 15) is 9.90 Å². The molecular formula is C29H28Cl2N4O2. The summed E-state index contributed by atoms with van der Waals surface area (Å²) >= 11 is 12.4. The molecule has 0 bridgehead atoms. The number of phenols is 1. The highest BCUT2D eigenvalue weighted by molar-refractivity contribution is 6.37. The third kappa shape index (κ3) is 4.80. The first-order chi connectivity index (χ1) is 17.9. The number of hydrogen-bond acceptors (Lipinski definition) is 5. The molecule has 2 saturated carbocycles. The van der Waals surface area contributed by atoms with Crippen molar-refractivity contribution >= 4 is 51.3 Å². The van der Waals surface area contributed by atoms with Crippen molar-refractivity contribution in [2.24, 2.45) is 11.8 Å². The van der Waals surface area contributed by atoms with Gasteiger partial charge in [0.1, 0.15) is 0 Å². The summed E-state index contributed by atoms with van der Waals surface area (Å²) in [6, 6.07) is 9.60. The van der Waals surface area contributed by atoms with Gasteiger partial charge in [-0.05, 0) is 79.8 Å². The molecule has 37 heavy (non-hydrogen) atoms. The minimum absolute atomic E-state index is 0.0599. The number of nitrogens with zero attached hydrogens (tertiary/aromatic N) is 3. The third-order valence-electron chi connectivity index (χ3n) is 7.66. The van der Waals surface area contributed by atoms with Gasteiger partial charge in [-0.15, -0.1) is 0 Å². The molecule has 8 heteroatoms. The van der Waals surface area contributed by atoms with Crippen molar-refractivity contribution in [1.82, 2.24) is 14.8 Å². The van der Waals surface area contributed by atoms with Crippen LogP contribution in [0.15, 0.2) is 48.9 Å². The van der Waals surface area contributed by atoms with Crippen molar-refractivity contribution in [2.45, 2.75) is 51.5 Å². The second-order valence-electron chi connectivity index (χ2n) is 10.5. The Morgan fingerprint density at radius 2 is 1.73 bits per heavy atom. The van der Waals surface area contributed by atoms with Crippen LogP contribution >= 0.6 is 23.2 Å². The van der Waals surface area contributed by atoms with Crippen LogP contribution in [0.5, 0.6) is 5.75 Å². The van der Waals surface area contributed by atoms with Crippen LogP contribution in [-0.4, -0.2) is 25.7 Å². The molecule has 2 fully saturated rings. The van der Waals surface area contributed by atoms with Crippen LogP contribution in [0.4, 0.5) is 11.4 Å². The number of pyridine rings is 1. The molecule has 2 heterocycles. The summed E-state index contributed by atoms with van der Waals surface area (Å²) in [4.78, 5) is 17.9. The number of halogens is 2. The summed E-state index contributed by atoms with van der Waals surface area (Å²) in [6.45, 7) is 2.31. The highest BCUT2D eigenvalue weighted by Gasteiger charge is 2.33. The standard InChI is InChI=1S/C29H28Cl2N4O2/c1-16-2-7-21(8-3-16)35-15-20(13-33-35)34-27-22-10-18(19-11-24(30)29(37)25(31)12-19)6-9-26(22)32-14-23(27)28(36)17-4-5-17/h6,9-17,21,37H,2-5,7-8H2,1H3,(H,32,34)/t16-,21-. The second-order valence-corrected chi connectivity index (χ2v) is 11.3. The van der Waals surface area contributed by atoms with Crippen LogP contribution in [0.1, 0.15) is 61.8 Å². The number of carbonyl (C=O) groups is 1. The molecular weight excluding hydrogens is 507 g/mol.